The highest BCUT2D eigenvalue weighted by Crippen LogP contribution is 2.36. The molecule has 1 aromatic rings. The fourth-order valence-corrected chi connectivity index (χ4v) is 5.59. The van der Waals surface area contributed by atoms with Gasteiger partial charge in [-0.2, -0.15) is 5.26 Å². The highest BCUT2D eigenvalue weighted by atomic mass is 32.2. The minimum Gasteiger partial charge on any atom is -0.357 e. The fourth-order valence-electron chi connectivity index (χ4n) is 4.43. The molecule has 0 saturated carbocycles. The number of carbonyl (C=O) groups is 1. The van der Waals surface area contributed by atoms with Gasteiger partial charge in [-0.25, -0.2) is 0 Å². The Hall–Kier alpha value is -2.11. The van der Waals surface area contributed by atoms with E-state index in [9.17, 15) is 14.9 Å². The SMILES string of the molecule is CCCn1c(N2CC(C)CC(C)C2)c(/C=C2/SC(=S)N(C)C2=O)c(C)c(C#N)c1=O. The van der Waals surface area contributed by atoms with Gasteiger partial charge in [0.15, 0.2) is 0 Å². The van der Waals surface area contributed by atoms with Gasteiger partial charge in [-0.1, -0.05) is 44.8 Å². The molecule has 6 nitrogen and oxygen atoms in total. The van der Waals surface area contributed by atoms with Crippen LogP contribution in [0.25, 0.3) is 6.08 Å². The van der Waals surface area contributed by atoms with Gasteiger partial charge in [-0.15, -0.1) is 0 Å². The van der Waals surface area contributed by atoms with Gasteiger partial charge in [0, 0.05) is 32.2 Å². The average molecular weight is 445 g/mol. The number of piperidine rings is 1. The molecule has 0 N–H and O–H groups in total. The third kappa shape index (κ3) is 4.06. The number of likely N-dealkylation sites (N-methyl/N-ethyl adjacent to an activating group) is 1. The Labute approximate surface area is 187 Å². The molecule has 2 atom stereocenters. The molecule has 1 amide bonds. The lowest BCUT2D eigenvalue weighted by atomic mass is 9.91. The molecular formula is C22H28N4O2S2. The number of thiocarbonyl (C=S) groups is 1. The van der Waals surface area contributed by atoms with Crippen LogP contribution in [0, 0.1) is 30.1 Å². The predicted octanol–water partition coefficient (Wildman–Crippen LogP) is 3.75. The van der Waals surface area contributed by atoms with E-state index in [4.69, 9.17) is 12.2 Å². The normalized spacial score (nSPS) is 23.4. The van der Waals surface area contributed by atoms with Crippen LogP contribution in [-0.2, 0) is 11.3 Å². The first kappa shape index (κ1) is 22.6. The second-order valence-corrected chi connectivity index (χ2v) is 10.1. The van der Waals surface area contributed by atoms with Crippen molar-refractivity contribution in [2.75, 3.05) is 25.0 Å². The first-order valence-electron chi connectivity index (χ1n) is 10.3. The second kappa shape index (κ2) is 8.94. The van der Waals surface area contributed by atoms with E-state index in [0.29, 0.717) is 33.2 Å². The van der Waals surface area contributed by atoms with Crippen LogP contribution in [0.5, 0.6) is 0 Å². The molecule has 160 valence electrons. The molecular weight excluding hydrogens is 416 g/mol. The molecule has 2 unspecified atom stereocenters. The van der Waals surface area contributed by atoms with Crippen molar-refractivity contribution < 1.29 is 4.79 Å². The van der Waals surface area contributed by atoms with E-state index in [1.807, 2.05) is 13.0 Å². The number of nitriles is 1. The number of rotatable bonds is 4. The third-order valence-corrected chi connectivity index (χ3v) is 7.21. The largest absolute Gasteiger partial charge is 0.357 e. The zero-order valence-corrected chi connectivity index (χ0v) is 19.8. The first-order valence-corrected chi connectivity index (χ1v) is 11.6. The lowest BCUT2D eigenvalue weighted by Crippen LogP contribution is -2.43. The van der Waals surface area contributed by atoms with Crippen molar-refractivity contribution in [3.05, 3.63) is 31.9 Å². The van der Waals surface area contributed by atoms with Crippen molar-refractivity contribution in [1.82, 2.24) is 9.47 Å². The number of amides is 1. The number of anilines is 1. The van der Waals surface area contributed by atoms with Gasteiger partial charge in [0.2, 0.25) is 0 Å². The van der Waals surface area contributed by atoms with Crippen molar-refractivity contribution in [3.8, 4) is 6.07 Å². The highest BCUT2D eigenvalue weighted by molar-refractivity contribution is 8.26. The minimum atomic E-state index is -0.252. The van der Waals surface area contributed by atoms with Gasteiger partial charge in [-0.3, -0.25) is 19.1 Å². The Morgan fingerprint density at radius 3 is 2.40 bits per heavy atom. The summed E-state index contributed by atoms with van der Waals surface area (Å²) in [5.74, 6) is 1.66. The number of aromatic nitrogens is 1. The summed E-state index contributed by atoms with van der Waals surface area (Å²) < 4.78 is 2.24. The molecule has 0 aliphatic carbocycles. The predicted molar refractivity (Wildman–Crippen MR) is 127 cm³/mol. The van der Waals surface area contributed by atoms with Crippen LogP contribution < -0.4 is 10.5 Å². The Morgan fingerprint density at radius 2 is 1.90 bits per heavy atom. The van der Waals surface area contributed by atoms with Crippen LogP contribution in [0.2, 0.25) is 0 Å². The van der Waals surface area contributed by atoms with Crippen LogP contribution in [-0.4, -0.2) is 39.8 Å². The van der Waals surface area contributed by atoms with E-state index in [2.05, 4.69) is 24.8 Å². The molecule has 2 fully saturated rings. The lowest BCUT2D eigenvalue weighted by Gasteiger charge is -2.39. The average Bonchev–Trinajstić information content (AvgIpc) is 2.92. The van der Waals surface area contributed by atoms with Gasteiger partial charge < -0.3 is 4.90 Å². The Bertz CT molecular complexity index is 1010. The van der Waals surface area contributed by atoms with Crippen molar-refractivity contribution >= 4 is 46.1 Å². The molecule has 3 rings (SSSR count). The van der Waals surface area contributed by atoms with E-state index in [0.717, 1.165) is 37.3 Å². The van der Waals surface area contributed by atoms with Crippen LogP contribution in [0.3, 0.4) is 0 Å². The minimum absolute atomic E-state index is 0.142. The van der Waals surface area contributed by atoms with E-state index < -0.39 is 0 Å². The number of nitrogens with zero attached hydrogens (tertiary/aromatic N) is 4. The van der Waals surface area contributed by atoms with Gasteiger partial charge in [0.1, 0.15) is 21.8 Å². The number of hydrogen-bond acceptors (Lipinski definition) is 6. The molecule has 0 spiro atoms. The standard InChI is InChI=1S/C22H28N4O2S2/c1-6-7-26-19(25-11-13(2)8-14(3)12-25)16(15(4)17(10-23)20(26)27)9-18-21(28)24(5)22(29)30-18/h9,13-14H,6-8,11-12H2,1-5H3/b18-9+. The summed E-state index contributed by atoms with van der Waals surface area (Å²) in [6.45, 7) is 10.5. The van der Waals surface area contributed by atoms with E-state index in [1.165, 1.54) is 16.7 Å². The van der Waals surface area contributed by atoms with Gasteiger partial charge in [0.05, 0.1) is 4.91 Å². The topological polar surface area (TPSA) is 69.3 Å². The molecule has 2 aliphatic heterocycles. The maximum atomic E-state index is 13.2. The van der Waals surface area contributed by atoms with Crippen LogP contribution in [0.4, 0.5) is 5.82 Å². The first-order chi connectivity index (χ1) is 14.2. The molecule has 30 heavy (non-hydrogen) atoms. The van der Waals surface area contributed by atoms with Crippen LogP contribution >= 0.6 is 24.0 Å². The highest BCUT2D eigenvalue weighted by Gasteiger charge is 2.32. The van der Waals surface area contributed by atoms with Crippen molar-refractivity contribution in [2.45, 2.75) is 47.1 Å². The Morgan fingerprint density at radius 1 is 1.27 bits per heavy atom. The fraction of sp³-hybridized carbons (Fsp3) is 0.545. The van der Waals surface area contributed by atoms with Crippen LogP contribution in [0.15, 0.2) is 9.70 Å². The van der Waals surface area contributed by atoms with E-state index in [1.54, 1.807) is 18.5 Å². The number of hydrogen-bond donors (Lipinski definition) is 0. The number of carbonyl (C=O) groups excluding carboxylic acids is 1. The zero-order valence-electron chi connectivity index (χ0n) is 18.2. The summed E-state index contributed by atoms with van der Waals surface area (Å²) in [5, 5.41) is 9.70. The maximum absolute atomic E-state index is 13.2. The smallest absolute Gasteiger partial charge is 0.270 e. The van der Waals surface area contributed by atoms with Crippen molar-refractivity contribution in [1.29, 1.82) is 5.26 Å². The summed E-state index contributed by atoms with van der Waals surface area (Å²) in [5.41, 5.74) is 1.29. The Kier molecular flexibility index (Phi) is 6.73. The zero-order chi connectivity index (χ0) is 22.2. The monoisotopic (exact) mass is 444 g/mol. The number of thioether (sulfide) groups is 1. The summed E-state index contributed by atoms with van der Waals surface area (Å²) in [4.78, 5) is 30.1. The van der Waals surface area contributed by atoms with Crippen LogP contribution in [0.1, 0.15) is 50.3 Å². The van der Waals surface area contributed by atoms with E-state index in [-0.39, 0.29) is 17.0 Å². The van der Waals surface area contributed by atoms with Crippen molar-refractivity contribution in [3.63, 3.8) is 0 Å². The molecule has 0 radical (unpaired) electrons. The molecule has 1 aromatic heterocycles. The Balaban J connectivity index is 2.30. The molecule has 2 aliphatic rings. The summed E-state index contributed by atoms with van der Waals surface area (Å²) in [6.07, 6.45) is 3.74. The van der Waals surface area contributed by atoms with Gasteiger partial charge in [-0.05, 0) is 43.2 Å². The number of pyridine rings is 1. The molecule has 0 aromatic carbocycles. The summed E-state index contributed by atoms with van der Waals surface area (Å²) in [7, 11) is 1.67. The van der Waals surface area contributed by atoms with E-state index >= 15 is 0 Å². The van der Waals surface area contributed by atoms with Gasteiger partial charge >= 0.3 is 0 Å². The summed E-state index contributed by atoms with van der Waals surface area (Å²) >= 11 is 6.54. The second-order valence-electron chi connectivity index (χ2n) is 8.40. The van der Waals surface area contributed by atoms with Gasteiger partial charge in [0.25, 0.3) is 11.5 Å². The van der Waals surface area contributed by atoms with Crippen molar-refractivity contribution in [2.24, 2.45) is 11.8 Å². The molecule has 8 heteroatoms. The third-order valence-electron chi connectivity index (χ3n) is 5.72. The maximum Gasteiger partial charge on any atom is 0.270 e. The quantitative estimate of drug-likeness (QED) is 0.520. The summed E-state index contributed by atoms with van der Waals surface area (Å²) in [6, 6.07) is 2.10. The molecule has 2 saturated heterocycles. The molecule has 3 heterocycles. The lowest BCUT2D eigenvalue weighted by molar-refractivity contribution is -0.121. The molecule has 0 bridgehead atoms.